The molecule has 1 atom stereocenters. The minimum Gasteiger partial charge on any atom is -0.467 e. The minimum absolute atomic E-state index is 0.105. The summed E-state index contributed by atoms with van der Waals surface area (Å²) in [7, 11) is 2.17. The Morgan fingerprint density at radius 2 is 2.12 bits per heavy atom. The summed E-state index contributed by atoms with van der Waals surface area (Å²) in [6, 6.07) is 12.8. The maximum atomic E-state index is 12.1. The molecule has 140 valence electrons. The number of carbonyl (C=O) groups excluding carboxylic acids is 1. The van der Waals surface area contributed by atoms with Gasteiger partial charge < -0.3 is 20.4 Å². The van der Waals surface area contributed by atoms with Gasteiger partial charge in [0.1, 0.15) is 12.0 Å². The van der Waals surface area contributed by atoms with Crippen LogP contribution in [0.25, 0.3) is 0 Å². The number of rotatable bonds is 7. The Kier molecular flexibility index (Phi) is 6.44. The van der Waals surface area contributed by atoms with Crippen molar-refractivity contribution in [2.75, 3.05) is 39.8 Å². The highest BCUT2D eigenvalue weighted by Gasteiger charge is 2.25. The van der Waals surface area contributed by atoms with Crippen molar-refractivity contribution in [3.05, 3.63) is 59.5 Å². The Hall–Kier alpha value is -2.15. The number of benzene rings is 1. The van der Waals surface area contributed by atoms with E-state index in [1.54, 1.807) is 6.07 Å². The predicted molar refractivity (Wildman–Crippen MR) is 102 cm³/mol. The summed E-state index contributed by atoms with van der Waals surface area (Å²) >= 11 is 0. The van der Waals surface area contributed by atoms with Crippen LogP contribution in [-0.4, -0.2) is 55.5 Å². The molecule has 1 aromatic carbocycles. The van der Waals surface area contributed by atoms with Gasteiger partial charge in [0.05, 0.1) is 12.1 Å². The molecule has 6 nitrogen and oxygen atoms in total. The predicted octanol–water partition coefficient (Wildman–Crippen LogP) is 1.85. The number of nitrogens with two attached hydrogens (primary N) is 1. The zero-order valence-corrected chi connectivity index (χ0v) is 15.4. The molecule has 1 aromatic heterocycles. The molecule has 1 aliphatic rings. The van der Waals surface area contributed by atoms with Crippen LogP contribution in [0.3, 0.4) is 0 Å². The van der Waals surface area contributed by atoms with E-state index in [0.29, 0.717) is 30.5 Å². The first-order valence-electron chi connectivity index (χ1n) is 9.20. The Morgan fingerprint density at radius 3 is 2.85 bits per heavy atom. The highest BCUT2D eigenvalue weighted by atomic mass is 16.3. The fourth-order valence-corrected chi connectivity index (χ4v) is 3.41. The third-order valence-corrected chi connectivity index (χ3v) is 4.90. The number of likely N-dealkylation sites (N-methyl/N-ethyl adjacent to an activating group) is 1. The summed E-state index contributed by atoms with van der Waals surface area (Å²) in [6.45, 7) is 5.08. The summed E-state index contributed by atoms with van der Waals surface area (Å²) < 4.78 is 5.21. The highest BCUT2D eigenvalue weighted by Crippen LogP contribution is 2.24. The monoisotopic (exact) mass is 356 g/mol. The van der Waals surface area contributed by atoms with Crippen molar-refractivity contribution in [2.24, 2.45) is 5.73 Å². The molecule has 26 heavy (non-hydrogen) atoms. The Balaban J connectivity index is 1.49. The number of hydrogen-bond acceptors (Lipinski definition) is 5. The summed E-state index contributed by atoms with van der Waals surface area (Å²) in [4.78, 5) is 17.0. The van der Waals surface area contributed by atoms with Gasteiger partial charge in [-0.25, -0.2) is 0 Å². The summed E-state index contributed by atoms with van der Waals surface area (Å²) in [5.41, 5.74) is 7.40. The van der Waals surface area contributed by atoms with E-state index < -0.39 is 0 Å². The van der Waals surface area contributed by atoms with Gasteiger partial charge in [0, 0.05) is 38.8 Å². The lowest BCUT2D eigenvalue weighted by Crippen LogP contribution is -2.47. The maximum Gasteiger partial charge on any atom is 0.254 e. The van der Waals surface area contributed by atoms with E-state index in [1.807, 2.05) is 0 Å². The number of furan rings is 1. The maximum absolute atomic E-state index is 12.1. The fourth-order valence-electron chi connectivity index (χ4n) is 3.41. The van der Waals surface area contributed by atoms with E-state index in [2.05, 4.69) is 52.5 Å². The molecule has 1 amide bonds. The molecule has 3 rings (SSSR count). The second-order valence-electron chi connectivity index (χ2n) is 6.84. The standard InChI is InChI=1S/C20H28N4O2/c1-23-10-11-24(19(14-23)16-6-3-2-4-7-16)9-5-8-22-20(25)17-12-18(13-21)26-15-17/h2-4,6-7,12,15,19H,5,8-11,13-14,21H2,1H3,(H,22,25). The molecule has 0 spiro atoms. The molecule has 0 bridgehead atoms. The van der Waals surface area contributed by atoms with Gasteiger partial charge in [-0.2, -0.15) is 0 Å². The van der Waals surface area contributed by atoms with Crippen LogP contribution in [0.4, 0.5) is 0 Å². The third kappa shape index (κ3) is 4.72. The SMILES string of the molecule is CN1CCN(CCCNC(=O)c2coc(CN)c2)C(c2ccccc2)C1. The lowest BCUT2D eigenvalue weighted by atomic mass is 10.0. The molecule has 2 aromatic rings. The number of nitrogens with zero attached hydrogens (tertiary/aromatic N) is 2. The number of amides is 1. The van der Waals surface area contributed by atoms with E-state index in [1.165, 1.54) is 11.8 Å². The molecule has 1 fully saturated rings. The van der Waals surface area contributed by atoms with E-state index in [-0.39, 0.29) is 5.91 Å². The molecule has 0 saturated carbocycles. The van der Waals surface area contributed by atoms with Crippen molar-refractivity contribution in [3.63, 3.8) is 0 Å². The number of hydrogen-bond donors (Lipinski definition) is 2. The zero-order valence-electron chi connectivity index (χ0n) is 15.4. The number of carbonyl (C=O) groups is 1. The van der Waals surface area contributed by atoms with Gasteiger partial charge in [0.2, 0.25) is 0 Å². The summed E-state index contributed by atoms with van der Waals surface area (Å²) in [5.74, 6) is 0.518. The van der Waals surface area contributed by atoms with E-state index in [4.69, 9.17) is 10.2 Å². The Morgan fingerprint density at radius 1 is 1.31 bits per heavy atom. The van der Waals surface area contributed by atoms with Gasteiger partial charge in [-0.3, -0.25) is 9.69 Å². The third-order valence-electron chi connectivity index (χ3n) is 4.90. The van der Waals surface area contributed by atoms with Crippen molar-refractivity contribution in [2.45, 2.75) is 19.0 Å². The molecule has 1 unspecified atom stereocenters. The average molecular weight is 356 g/mol. The van der Waals surface area contributed by atoms with Crippen LogP contribution in [0.1, 0.15) is 34.1 Å². The van der Waals surface area contributed by atoms with Crippen LogP contribution in [-0.2, 0) is 6.54 Å². The van der Waals surface area contributed by atoms with Gasteiger partial charge in [-0.1, -0.05) is 30.3 Å². The molecular weight excluding hydrogens is 328 g/mol. The Bertz CT molecular complexity index is 701. The summed E-state index contributed by atoms with van der Waals surface area (Å²) in [6.07, 6.45) is 2.38. The first kappa shape index (κ1) is 18.6. The largest absolute Gasteiger partial charge is 0.467 e. The average Bonchev–Trinajstić information content (AvgIpc) is 3.16. The molecule has 0 radical (unpaired) electrons. The zero-order chi connectivity index (χ0) is 18.4. The van der Waals surface area contributed by atoms with Crippen LogP contribution in [0.5, 0.6) is 0 Å². The normalized spacial score (nSPS) is 18.8. The van der Waals surface area contributed by atoms with Crippen LogP contribution < -0.4 is 11.1 Å². The van der Waals surface area contributed by atoms with Crippen LogP contribution in [0.15, 0.2) is 47.1 Å². The molecular formula is C20H28N4O2. The fraction of sp³-hybridized carbons (Fsp3) is 0.450. The molecule has 1 saturated heterocycles. The first-order chi connectivity index (χ1) is 12.7. The van der Waals surface area contributed by atoms with Gasteiger partial charge in [0.15, 0.2) is 0 Å². The Labute approximate surface area is 154 Å². The topological polar surface area (TPSA) is 74.7 Å². The van der Waals surface area contributed by atoms with Crippen molar-refractivity contribution >= 4 is 5.91 Å². The first-order valence-corrected chi connectivity index (χ1v) is 9.20. The van der Waals surface area contributed by atoms with Crippen LogP contribution >= 0.6 is 0 Å². The lowest BCUT2D eigenvalue weighted by Gasteiger charge is -2.40. The molecule has 6 heteroatoms. The molecule has 0 aliphatic carbocycles. The highest BCUT2D eigenvalue weighted by molar-refractivity contribution is 5.93. The minimum atomic E-state index is -0.105. The molecule has 1 aliphatic heterocycles. The molecule has 3 N–H and O–H groups in total. The van der Waals surface area contributed by atoms with Gasteiger partial charge in [-0.05, 0) is 25.1 Å². The number of piperazine rings is 1. The summed E-state index contributed by atoms with van der Waals surface area (Å²) in [5, 5.41) is 2.96. The van der Waals surface area contributed by atoms with Gasteiger partial charge in [-0.15, -0.1) is 0 Å². The van der Waals surface area contributed by atoms with Gasteiger partial charge in [0.25, 0.3) is 5.91 Å². The lowest BCUT2D eigenvalue weighted by molar-refractivity contribution is 0.0865. The van der Waals surface area contributed by atoms with Crippen molar-refractivity contribution in [1.82, 2.24) is 15.1 Å². The van der Waals surface area contributed by atoms with Crippen molar-refractivity contribution < 1.29 is 9.21 Å². The van der Waals surface area contributed by atoms with E-state index in [0.717, 1.165) is 32.6 Å². The van der Waals surface area contributed by atoms with Crippen LogP contribution in [0, 0.1) is 0 Å². The van der Waals surface area contributed by atoms with Crippen molar-refractivity contribution in [1.29, 1.82) is 0 Å². The number of nitrogens with one attached hydrogen (secondary N) is 1. The quantitative estimate of drug-likeness (QED) is 0.741. The van der Waals surface area contributed by atoms with Gasteiger partial charge >= 0.3 is 0 Å². The second kappa shape index (κ2) is 8.98. The van der Waals surface area contributed by atoms with E-state index >= 15 is 0 Å². The van der Waals surface area contributed by atoms with Crippen molar-refractivity contribution in [3.8, 4) is 0 Å². The smallest absolute Gasteiger partial charge is 0.254 e. The second-order valence-corrected chi connectivity index (χ2v) is 6.84. The van der Waals surface area contributed by atoms with E-state index in [9.17, 15) is 4.79 Å². The van der Waals surface area contributed by atoms with Crippen LogP contribution in [0.2, 0.25) is 0 Å². The molecule has 2 heterocycles.